The molecule has 1 aliphatic rings. The Morgan fingerprint density at radius 3 is 2.71 bits per heavy atom. The average Bonchev–Trinajstić information content (AvgIpc) is 2.58. The van der Waals surface area contributed by atoms with Crippen LogP contribution in [0.1, 0.15) is 26.7 Å². The summed E-state index contributed by atoms with van der Waals surface area (Å²) in [4.78, 5) is 11.6. The molecule has 2 atom stereocenters. The normalized spacial score (nSPS) is 23.5. The molecule has 17 heavy (non-hydrogen) atoms. The number of carbonyl (C=O) groups is 1. The zero-order valence-corrected chi connectivity index (χ0v) is 11.0. The van der Waals surface area contributed by atoms with Crippen LogP contribution in [0, 0.1) is 0 Å². The number of sulfone groups is 1. The van der Waals surface area contributed by atoms with Crippen molar-refractivity contribution in [3.05, 3.63) is 11.5 Å². The Morgan fingerprint density at radius 1 is 1.53 bits per heavy atom. The lowest BCUT2D eigenvalue weighted by Gasteiger charge is -2.19. The maximum Gasteiger partial charge on any atom is 0.323 e. The lowest BCUT2D eigenvalue weighted by Crippen LogP contribution is -2.44. The second-order valence-electron chi connectivity index (χ2n) is 4.02. The molecule has 0 aromatic rings. The van der Waals surface area contributed by atoms with E-state index in [4.69, 9.17) is 4.74 Å². The first-order chi connectivity index (χ1) is 7.98. The van der Waals surface area contributed by atoms with Gasteiger partial charge in [-0.1, -0.05) is 19.4 Å². The Kier molecular flexibility index (Phi) is 5.14. The van der Waals surface area contributed by atoms with Crippen LogP contribution in [0.5, 0.6) is 0 Å². The minimum absolute atomic E-state index is 0.0205. The van der Waals surface area contributed by atoms with Crippen LogP contribution in [-0.2, 0) is 19.4 Å². The van der Waals surface area contributed by atoms with E-state index in [2.05, 4.69) is 5.32 Å². The number of nitrogens with one attached hydrogen (secondary N) is 1. The fourth-order valence-corrected chi connectivity index (χ4v) is 2.99. The summed E-state index contributed by atoms with van der Waals surface area (Å²) in [6, 6.07) is -0.719. The lowest BCUT2D eigenvalue weighted by molar-refractivity contribution is -0.146. The molecule has 1 heterocycles. The fourth-order valence-electron chi connectivity index (χ4n) is 1.74. The zero-order valence-electron chi connectivity index (χ0n) is 10.2. The molecule has 1 rings (SSSR count). The monoisotopic (exact) mass is 261 g/mol. The van der Waals surface area contributed by atoms with Gasteiger partial charge in [0.15, 0.2) is 9.84 Å². The third kappa shape index (κ3) is 4.47. The van der Waals surface area contributed by atoms with Crippen molar-refractivity contribution in [3.63, 3.8) is 0 Å². The Morgan fingerprint density at radius 2 is 2.24 bits per heavy atom. The van der Waals surface area contributed by atoms with E-state index in [-0.39, 0.29) is 17.8 Å². The number of esters is 1. The Hall–Kier alpha value is -0.880. The zero-order chi connectivity index (χ0) is 12.9. The van der Waals surface area contributed by atoms with Gasteiger partial charge in [-0.05, 0) is 13.3 Å². The van der Waals surface area contributed by atoms with Crippen molar-refractivity contribution in [3.8, 4) is 0 Å². The lowest BCUT2D eigenvalue weighted by atomic mass is 10.1. The van der Waals surface area contributed by atoms with E-state index in [1.54, 1.807) is 13.0 Å². The van der Waals surface area contributed by atoms with E-state index in [0.29, 0.717) is 13.0 Å². The quantitative estimate of drug-likeness (QED) is 0.710. The first-order valence-electron chi connectivity index (χ1n) is 5.82. The van der Waals surface area contributed by atoms with Gasteiger partial charge in [-0.15, -0.1) is 0 Å². The van der Waals surface area contributed by atoms with Crippen molar-refractivity contribution in [2.24, 2.45) is 0 Å². The highest BCUT2D eigenvalue weighted by Crippen LogP contribution is 2.10. The van der Waals surface area contributed by atoms with Gasteiger partial charge in [-0.2, -0.15) is 0 Å². The van der Waals surface area contributed by atoms with Gasteiger partial charge in [0.25, 0.3) is 0 Å². The summed E-state index contributed by atoms with van der Waals surface area (Å²) in [7, 11) is -3.09. The number of carbonyl (C=O) groups excluding carboxylic acids is 1. The molecular formula is C11H19NO4S. The van der Waals surface area contributed by atoms with Gasteiger partial charge in [0.05, 0.1) is 12.4 Å². The van der Waals surface area contributed by atoms with Gasteiger partial charge in [-0.25, -0.2) is 8.42 Å². The molecule has 98 valence electrons. The van der Waals surface area contributed by atoms with E-state index in [1.807, 2.05) is 6.92 Å². The minimum atomic E-state index is -3.09. The molecule has 5 nitrogen and oxygen atoms in total. The van der Waals surface area contributed by atoms with E-state index in [1.165, 1.54) is 5.41 Å². The molecule has 1 aliphatic heterocycles. The van der Waals surface area contributed by atoms with Crippen molar-refractivity contribution in [1.82, 2.24) is 5.32 Å². The van der Waals surface area contributed by atoms with E-state index in [0.717, 1.165) is 6.42 Å². The topological polar surface area (TPSA) is 72.5 Å². The number of hydrogen-bond acceptors (Lipinski definition) is 5. The second-order valence-corrected chi connectivity index (χ2v) is 5.96. The van der Waals surface area contributed by atoms with Gasteiger partial charge in [0, 0.05) is 11.4 Å². The number of ether oxygens (including phenoxy) is 1. The summed E-state index contributed by atoms with van der Waals surface area (Å²) >= 11 is 0. The molecule has 0 fully saturated rings. The van der Waals surface area contributed by atoms with Gasteiger partial charge in [0.2, 0.25) is 0 Å². The van der Waals surface area contributed by atoms with Gasteiger partial charge < -0.3 is 4.74 Å². The number of hydrogen-bond donors (Lipinski definition) is 1. The summed E-state index contributed by atoms with van der Waals surface area (Å²) < 4.78 is 27.4. The van der Waals surface area contributed by atoms with Crippen LogP contribution >= 0.6 is 0 Å². The Balaban J connectivity index is 2.56. The van der Waals surface area contributed by atoms with Gasteiger partial charge in [-0.3, -0.25) is 10.1 Å². The van der Waals surface area contributed by atoms with Crippen LogP contribution < -0.4 is 5.32 Å². The van der Waals surface area contributed by atoms with Gasteiger partial charge in [0.1, 0.15) is 6.04 Å². The third-order valence-electron chi connectivity index (χ3n) is 2.49. The molecule has 0 aromatic heterocycles. The van der Waals surface area contributed by atoms with Gasteiger partial charge >= 0.3 is 5.97 Å². The van der Waals surface area contributed by atoms with Crippen LogP contribution in [-0.4, -0.2) is 38.8 Å². The molecule has 0 aromatic carbocycles. The van der Waals surface area contributed by atoms with Crippen molar-refractivity contribution in [2.45, 2.75) is 38.8 Å². The predicted octanol–water partition coefficient (Wildman–Crippen LogP) is 0.619. The van der Waals surface area contributed by atoms with Crippen LogP contribution in [0.4, 0.5) is 0 Å². The van der Waals surface area contributed by atoms with E-state index < -0.39 is 15.9 Å². The van der Waals surface area contributed by atoms with Crippen molar-refractivity contribution < 1.29 is 17.9 Å². The van der Waals surface area contributed by atoms with E-state index >= 15 is 0 Å². The van der Waals surface area contributed by atoms with E-state index in [9.17, 15) is 13.2 Å². The molecule has 0 radical (unpaired) electrons. The molecule has 0 aliphatic carbocycles. The second kappa shape index (κ2) is 6.16. The summed E-state index contributed by atoms with van der Waals surface area (Å²) in [5, 5.41) is 4.21. The first-order valence-corrected chi connectivity index (χ1v) is 7.53. The smallest absolute Gasteiger partial charge is 0.323 e. The standard InChI is InChI=1S/C11H19NO4S/c1-3-5-10(11(13)16-4-2)12-9-6-7-17(14,15)8-9/h6-7,9-10,12H,3-5,8H2,1-2H3. The van der Waals surface area contributed by atoms with Crippen LogP contribution in [0.3, 0.4) is 0 Å². The average molecular weight is 261 g/mol. The Labute approximate surface area is 102 Å². The summed E-state index contributed by atoms with van der Waals surface area (Å²) in [6.45, 7) is 4.05. The first kappa shape index (κ1) is 14.2. The molecule has 6 heteroatoms. The number of rotatable bonds is 6. The largest absolute Gasteiger partial charge is 0.465 e. The third-order valence-corrected chi connectivity index (χ3v) is 3.89. The predicted molar refractivity (Wildman–Crippen MR) is 65.2 cm³/mol. The maximum absolute atomic E-state index is 11.6. The molecule has 0 bridgehead atoms. The van der Waals surface area contributed by atoms with Crippen molar-refractivity contribution in [2.75, 3.05) is 12.4 Å². The molecular weight excluding hydrogens is 242 g/mol. The highest BCUT2D eigenvalue weighted by atomic mass is 32.2. The van der Waals surface area contributed by atoms with Crippen LogP contribution in [0.2, 0.25) is 0 Å². The SMILES string of the molecule is CCCC(NC1C=CS(=O)(=O)C1)C(=O)OCC. The molecule has 0 spiro atoms. The highest BCUT2D eigenvalue weighted by molar-refractivity contribution is 7.94. The molecule has 0 saturated carbocycles. The van der Waals surface area contributed by atoms with Crippen molar-refractivity contribution >= 4 is 15.8 Å². The fraction of sp³-hybridized carbons (Fsp3) is 0.727. The molecule has 2 unspecified atom stereocenters. The van der Waals surface area contributed by atoms with Crippen LogP contribution in [0.15, 0.2) is 11.5 Å². The maximum atomic E-state index is 11.6. The highest BCUT2D eigenvalue weighted by Gasteiger charge is 2.27. The molecule has 0 amide bonds. The van der Waals surface area contributed by atoms with Crippen molar-refractivity contribution in [1.29, 1.82) is 0 Å². The van der Waals surface area contributed by atoms with Crippen LogP contribution in [0.25, 0.3) is 0 Å². The summed E-state index contributed by atoms with van der Waals surface area (Å²) in [6.07, 6.45) is 3.06. The molecule has 0 saturated heterocycles. The summed E-state index contributed by atoms with van der Waals surface area (Å²) in [5.74, 6) is -0.292. The summed E-state index contributed by atoms with van der Waals surface area (Å²) in [5.41, 5.74) is 0. The minimum Gasteiger partial charge on any atom is -0.465 e. The molecule has 1 N–H and O–H groups in total. The Bertz CT molecular complexity index is 388.